The number of benzene rings is 1. The number of methoxy groups -OCH3 is 1. The summed E-state index contributed by atoms with van der Waals surface area (Å²) in [6.45, 7) is -0.0111. The maximum atomic E-state index is 11.5. The van der Waals surface area contributed by atoms with Crippen LogP contribution in [0.25, 0.3) is 0 Å². The van der Waals surface area contributed by atoms with E-state index in [-0.39, 0.29) is 19.0 Å². The Bertz CT molecular complexity index is 458. The van der Waals surface area contributed by atoms with Crippen LogP contribution < -0.4 is 5.32 Å². The average Bonchev–Trinajstić information content (AvgIpc) is 2.49. The summed E-state index contributed by atoms with van der Waals surface area (Å²) in [5.74, 6) is -1.27. The third-order valence-corrected chi connectivity index (χ3v) is 2.45. The van der Waals surface area contributed by atoms with Crippen LogP contribution in [0.15, 0.2) is 30.3 Å². The van der Waals surface area contributed by atoms with E-state index in [0.29, 0.717) is 18.5 Å². The largest absolute Gasteiger partial charge is 0.469 e. The van der Waals surface area contributed by atoms with Gasteiger partial charge in [-0.25, -0.2) is 4.79 Å². The van der Waals surface area contributed by atoms with E-state index in [1.54, 1.807) is 30.3 Å². The molecule has 0 radical (unpaired) electrons. The third kappa shape index (κ3) is 5.99. The van der Waals surface area contributed by atoms with Gasteiger partial charge in [0, 0.05) is 13.0 Å². The van der Waals surface area contributed by atoms with E-state index in [2.05, 4.69) is 10.1 Å². The predicted octanol–water partition coefficient (Wildman–Crippen LogP) is 0.913. The van der Waals surface area contributed by atoms with Crippen molar-refractivity contribution >= 4 is 17.8 Å². The topological polar surface area (TPSA) is 81.7 Å². The SMILES string of the molecule is COC(=O)CCCNC(=O)COC(=O)c1ccccc1. The maximum Gasteiger partial charge on any atom is 0.338 e. The van der Waals surface area contributed by atoms with Crippen molar-refractivity contribution in [1.82, 2.24) is 5.32 Å². The standard InChI is InChI=1S/C14H17NO5/c1-19-13(17)8-5-9-15-12(16)10-20-14(18)11-6-3-2-4-7-11/h2-4,6-7H,5,8-10H2,1H3,(H,15,16). The Balaban J connectivity index is 2.17. The minimum Gasteiger partial charge on any atom is -0.469 e. The van der Waals surface area contributed by atoms with E-state index in [0.717, 1.165) is 0 Å². The summed E-state index contributed by atoms with van der Waals surface area (Å²) < 4.78 is 9.31. The molecule has 0 aliphatic carbocycles. The molecule has 0 spiro atoms. The first-order valence-electron chi connectivity index (χ1n) is 6.19. The molecule has 0 aromatic heterocycles. The van der Waals surface area contributed by atoms with Gasteiger partial charge in [0.25, 0.3) is 5.91 Å². The molecule has 0 saturated heterocycles. The number of esters is 2. The van der Waals surface area contributed by atoms with Gasteiger partial charge >= 0.3 is 11.9 Å². The zero-order valence-corrected chi connectivity index (χ0v) is 11.3. The summed E-state index contributed by atoms with van der Waals surface area (Å²) in [6.07, 6.45) is 0.714. The van der Waals surface area contributed by atoms with Crippen LogP contribution in [0.5, 0.6) is 0 Å². The van der Waals surface area contributed by atoms with Crippen molar-refractivity contribution in [3.8, 4) is 0 Å². The van der Waals surface area contributed by atoms with E-state index in [4.69, 9.17) is 4.74 Å². The molecule has 108 valence electrons. The molecule has 0 unspecified atom stereocenters. The fourth-order valence-electron chi connectivity index (χ4n) is 1.40. The highest BCUT2D eigenvalue weighted by atomic mass is 16.5. The second-order valence-corrected chi connectivity index (χ2v) is 3.97. The number of ether oxygens (including phenoxy) is 2. The highest BCUT2D eigenvalue weighted by Crippen LogP contribution is 2.00. The number of carbonyl (C=O) groups is 3. The lowest BCUT2D eigenvalue weighted by Gasteiger charge is -2.06. The van der Waals surface area contributed by atoms with Crippen molar-refractivity contribution < 1.29 is 23.9 Å². The molecule has 1 aromatic carbocycles. The molecule has 0 atom stereocenters. The Morgan fingerprint density at radius 1 is 1.15 bits per heavy atom. The summed E-state index contributed by atoms with van der Waals surface area (Å²) >= 11 is 0. The molecule has 1 N–H and O–H groups in total. The molecule has 1 rings (SSSR count). The lowest BCUT2D eigenvalue weighted by atomic mass is 10.2. The van der Waals surface area contributed by atoms with Gasteiger partial charge in [-0.05, 0) is 18.6 Å². The second kappa shape index (κ2) is 8.68. The van der Waals surface area contributed by atoms with Gasteiger partial charge in [-0.2, -0.15) is 0 Å². The number of hydrogen-bond donors (Lipinski definition) is 1. The van der Waals surface area contributed by atoms with Gasteiger partial charge in [-0.1, -0.05) is 18.2 Å². The summed E-state index contributed by atoms with van der Waals surface area (Å²) in [5.41, 5.74) is 0.394. The van der Waals surface area contributed by atoms with E-state index < -0.39 is 11.9 Å². The first-order chi connectivity index (χ1) is 9.63. The quantitative estimate of drug-likeness (QED) is 0.592. The Morgan fingerprint density at radius 3 is 2.50 bits per heavy atom. The van der Waals surface area contributed by atoms with Crippen LogP contribution in [0.4, 0.5) is 0 Å². The van der Waals surface area contributed by atoms with Gasteiger partial charge in [0.2, 0.25) is 0 Å². The molecule has 0 heterocycles. The zero-order valence-electron chi connectivity index (χ0n) is 11.3. The van der Waals surface area contributed by atoms with E-state index >= 15 is 0 Å². The lowest BCUT2D eigenvalue weighted by Crippen LogP contribution is -2.29. The van der Waals surface area contributed by atoms with Crippen molar-refractivity contribution in [2.75, 3.05) is 20.3 Å². The summed E-state index contributed by atoms with van der Waals surface area (Å²) in [5, 5.41) is 2.55. The van der Waals surface area contributed by atoms with Crippen LogP contribution in [-0.2, 0) is 19.1 Å². The lowest BCUT2D eigenvalue weighted by molar-refractivity contribution is -0.140. The van der Waals surface area contributed by atoms with Crippen molar-refractivity contribution in [3.05, 3.63) is 35.9 Å². The van der Waals surface area contributed by atoms with Gasteiger partial charge in [0.05, 0.1) is 12.7 Å². The van der Waals surface area contributed by atoms with Crippen LogP contribution in [-0.4, -0.2) is 38.1 Å². The fourth-order valence-corrected chi connectivity index (χ4v) is 1.40. The number of rotatable bonds is 7. The van der Waals surface area contributed by atoms with Crippen molar-refractivity contribution in [1.29, 1.82) is 0 Å². The van der Waals surface area contributed by atoms with E-state index in [1.165, 1.54) is 7.11 Å². The van der Waals surface area contributed by atoms with Crippen LogP contribution >= 0.6 is 0 Å². The Kier molecular flexibility index (Phi) is 6.81. The highest BCUT2D eigenvalue weighted by molar-refractivity contribution is 5.91. The molecule has 20 heavy (non-hydrogen) atoms. The molecule has 6 nitrogen and oxygen atoms in total. The van der Waals surface area contributed by atoms with Gasteiger partial charge in [0.1, 0.15) is 0 Å². The van der Waals surface area contributed by atoms with Crippen molar-refractivity contribution in [3.63, 3.8) is 0 Å². The molecule has 0 fully saturated rings. The van der Waals surface area contributed by atoms with Crippen LogP contribution in [0.2, 0.25) is 0 Å². The summed E-state index contributed by atoms with van der Waals surface area (Å²) in [4.78, 5) is 33.8. The molecule has 6 heteroatoms. The van der Waals surface area contributed by atoms with Crippen LogP contribution in [0.3, 0.4) is 0 Å². The number of hydrogen-bond acceptors (Lipinski definition) is 5. The molecule has 1 aromatic rings. The minimum atomic E-state index is -0.546. The fraction of sp³-hybridized carbons (Fsp3) is 0.357. The maximum absolute atomic E-state index is 11.5. The van der Waals surface area contributed by atoms with E-state index in [1.807, 2.05) is 0 Å². The Labute approximate surface area is 117 Å². The third-order valence-electron chi connectivity index (χ3n) is 2.45. The van der Waals surface area contributed by atoms with Crippen molar-refractivity contribution in [2.45, 2.75) is 12.8 Å². The van der Waals surface area contributed by atoms with Gasteiger partial charge in [-0.3, -0.25) is 9.59 Å². The summed E-state index contributed by atoms with van der Waals surface area (Å²) in [6, 6.07) is 8.42. The monoisotopic (exact) mass is 279 g/mol. The Hall–Kier alpha value is -2.37. The van der Waals surface area contributed by atoms with Gasteiger partial charge in [-0.15, -0.1) is 0 Å². The normalized spacial score (nSPS) is 9.65. The van der Waals surface area contributed by atoms with Crippen LogP contribution in [0.1, 0.15) is 23.2 Å². The Morgan fingerprint density at radius 2 is 1.85 bits per heavy atom. The smallest absolute Gasteiger partial charge is 0.338 e. The van der Waals surface area contributed by atoms with Gasteiger partial charge in [0.15, 0.2) is 6.61 Å². The van der Waals surface area contributed by atoms with E-state index in [9.17, 15) is 14.4 Å². The average molecular weight is 279 g/mol. The molecule has 0 aliphatic heterocycles. The number of nitrogens with one attached hydrogen (secondary N) is 1. The second-order valence-electron chi connectivity index (χ2n) is 3.97. The molecule has 0 aliphatic rings. The first kappa shape index (κ1) is 15.7. The highest BCUT2D eigenvalue weighted by Gasteiger charge is 2.09. The summed E-state index contributed by atoms with van der Waals surface area (Å²) in [7, 11) is 1.31. The molecule has 0 bridgehead atoms. The minimum absolute atomic E-state index is 0.237. The number of amides is 1. The predicted molar refractivity (Wildman–Crippen MR) is 71.0 cm³/mol. The molecule has 1 amide bonds. The van der Waals surface area contributed by atoms with Crippen molar-refractivity contribution in [2.24, 2.45) is 0 Å². The van der Waals surface area contributed by atoms with Crippen LogP contribution in [0, 0.1) is 0 Å². The molecular weight excluding hydrogens is 262 g/mol. The molecular formula is C14H17NO5. The zero-order chi connectivity index (χ0) is 14.8. The first-order valence-corrected chi connectivity index (χ1v) is 6.19. The van der Waals surface area contributed by atoms with Gasteiger partial charge < -0.3 is 14.8 Å². The molecule has 0 saturated carbocycles. The number of carbonyl (C=O) groups excluding carboxylic acids is 3.